The molecule has 2 rings (SSSR count). The highest BCUT2D eigenvalue weighted by Crippen LogP contribution is 2.18. The number of benzene rings is 2. The molecule has 0 heterocycles. The van der Waals surface area contributed by atoms with E-state index in [0.29, 0.717) is 5.56 Å². The van der Waals surface area contributed by atoms with Crippen molar-refractivity contribution in [1.29, 1.82) is 0 Å². The van der Waals surface area contributed by atoms with Crippen molar-refractivity contribution in [2.24, 2.45) is 0 Å². The fraction of sp³-hybridized carbons (Fsp3) is 0.211. The molecule has 0 fully saturated rings. The van der Waals surface area contributed by atoms with Crippen LogP contribution in [0.3, 0.4) is 0 Å². The van der Waals surface area contributed by atoms with Crippen LogP contribution in [0.25, 0.3) is 0 Å². The Balaban J connectivity index is 2.15. The molecule has 1 atom stereocenters. The highest BCUT2D eigenvalue weighted by atomic mass is 32.2. The van der Waals surface area contributed by atoms with E-state index in [0.717, 1.165) is 11.1 Å². The van der Waals surface area contributed by atoms with E-state index in [-0.39, 0.29) is 12.2 Å². The van der Waals surface area contributed by atoms with E-state index < -0.39 is 21.3 Å². The van der Waals surface area contributed by atoms with E-state index in [1.807, 2.05) is 26.0 Å². The number of carboxylic acids is 1. The number of aryl methyl sites for hydroxylation is 2. The van der Waals surface area contributed by atoms with Crippen molar-refractivity contribution < 1.29 is 22.5 Å². The first-order chi connectivity index (χ1) is 11.8. The maximum Gasteiger partial charge on any atom is 0.326 e. The Morgan fingerprint density at radius 3 is 2.08 bits per heavy atom. The van der Waals surface area contributed by atoms with Gasteiger partial charge in [-0.15, -0.1) is 0 Å². The summed E-state index contributed by atoms with van der Waals surface area (Å²) in [4.78, 5) is 11.4. The third-order valence-electron chi connectivity index (χ3n) is 3.43. The second-order valence-corrected chi connectivity index (χ2v) is 7.31. The number of hydrogen-bond donors (Lipinski definition) is 1. The average Bonchev–Trinajstić information content (AvgIpc) is 2.54. The van der Waals surface area contributed by atoms with Crippen LogP contribution in [0.4, 0.5) is 0 Å². The molecule has 5 nitrogen and oxygen atoms in total. The van der Waals surface area contributed by atoms with Gasteiger partial charge in [0.2, 0.25) is 5.25 Å². The van der Waals surface area contributed by atoms with Crippen molar-refractivity contribution in [1.82, 2.24) is 0 Å². The van der Waals surface area contributed by atoms with E-state index in [1.54, 1.807) is 24.3 Å². The van der Waals surface area contributed by atoms with Crippen LogP contribution < -0.4 is 4.18 Å². The molecular weight excluding hydrogens is 340 g/mol. The molecule has 0 saturated heterocycles. The molecule has 0 aliphatic carbocycles. The summed E-state index contributed by atoms with van der Waals surface area (Å²) >= 11 is 0. The van der Waals surface area contributed by atoms with Crippen molar-refractivity contribution in [3.63, 3.8) is 0 Å². The van der Waals surface area contributed by atoms with Crippen molar-refractivity contribution in [2.45, 2.75) is 25.5 Å². The monoisotopic (exact) mass is 358 g/mol. The number of rotatable bonds is 5. The van der Waals surface area contributed by atoms with Crippen LogP contribution in [-0.4, -0.2) is 24.7 Å². The van der Waals surface area contributed by atoms with Crippen molar-refractivity contribution in [2.75, 3.05) is 0 Å². The Bertz CT molecular complexity index is 901. The van der Waals surface area contributed by atoms with Crippen molar-refractivity contribution >= 4 is 16.1 Å². The van der Waals surface area contributed by atoms with Crippen LogP contribution in [0.2, 0.25) is 0 Å². The van der Waals surface area contributed by atoms with Crippen LogP contribution >= 0.6 is 0 Å². The molecule has 130 valence electrons. The maximum atomic E-state index is 12.2. The standard InChI is InChI=1S/C19H18O5S/c1-14-6-10-16(11-7-14)4-3-5-18(19(20)21)25(22,23)24-17-12-8-15(2)9-13-17/h6-13,18H,5H2,1-2H3,(H,20,21). The van der Waals surface area contributed by atoms with Gasteiger partial charge in [-0.2, -0.15) is 8.42 Å². The summed E-state index contributed by atoms with van der Waals surface area (Å²) in [6.45, 7) is 3.78. The van der Waals surface area contributed by atoms with Gasteiger partial charge in [0.15, 0.2) is 0 Å². The third kappa shape index (κ3) is 5.37. The van der Waals surface area contributed by atoms with Crippen LogP contribution in [0, 0.1) is 25.7 Å². The molecule has 0 aliphatic heterocycles. The Labute approximate surface area is 147 Å². The highest BCUT2D eigenvalue weighted by Gasteiger charge is 2.34. The molecule has 0 radical (unpaired) electrons. The summed E-state index contributed by atoms with van der Waals surface area (Å²) in [6.07, 6.45) is -0.364. The van der Waals surface area contributed by atoms with Gasteiger partial charge in [0, 0.05) is 12.0 Å². The van der Waals surface area contributed by atoms with Crippen LogP contribution in [-0.2, 0) is 14.9 Å². The van der Waals surface area contributed by atoms with Crippen LogP contribution in [0.1, 0.15) is 23.1 Å². The summed E-state index contributed by atoms with van der Waals surface area (Å²) in [7, 11) is -4.35. The molecule has 0 aliphatic rings. The normalized spacial score (nSPS) is 11.9. The van der Waals surface area contributed by atoms with Crippen LogP contribution in [0.15, 0.2) is 48.5 Å². The largest absolute Gasteiger partial charge is 0.480 e. The lowest BCUT2D eigenvalue weighted by Crippen LogP contribution is -2.33. The number of aliphatic carboxylic acids is 1. The van der Waals surface area contributed by atoms with Gasteiger partial charge in [0.05, 0.1) is 0 Å². The summed E-state index contributed by atoms with van der Waals surface area (Å²) in [5, 5.41) is 7.48. The molecule has 25 heavy (non-hydrogen) atoms. The predicted octanol–water partition coefficient (Wildman–Crippen LogP) is 2.91. The second kappa shape index (κ2) is 7.86. The lowest BCUT2D eigenvalue weighted by atomic mass is 10.1. The van der Waals surface area contributed by atoms with Crippen molar-refractivity contribution in [3.05, 3.63) is 65.2 Å². The van der Waals surface area contributed by atoms with E-state index in [9.17, 15) is 18.3 Å². The quantitative estimate of drug-likeness (QED) is 0.657. The number of carbonyl (C=O) groups is 1. The first-order valence-electron chi connectivity index (χ1n) is 7.56. The summed E-state index contributed by atoms with van der Waals surface area (Å²) in [5.41, 5.74) is 2.69. The SMILES string of the molecule is Cc1ccc(C#CCC(C(=O)O)S(=O)(=O)Oc2ccc(C)cc2)cc1. The van der Waals surface area contributed by atoms with Gasteiger partial charge in [0.25, 0.3) is 0 Å². The zero-order valence-corrected chi connectivity index (χ0v) is 14.7. The van der Waals surface area contributed by atoms with E-state index in [1.165, 1.54) is 12.1 Å². The van der Waals surface area contributed by atoms with Gasteiger partial charge in [-0.1, -0.05) is 47.2 Å². The lowest BCUT2D eigenvalue weighted by molar-refractivity contribution is -0.136. The van der Waals surface area contributed by atoms with E-state index >= 15 is 0 Å². The van der Waals surface area contributed by atoms with Gasteiger partial charge in [-0.05, 0) is 38.1 Å². The highest BCUT2D eigenvalue weighted by molar-refractivity contribution is 7.88. The molecular formula is C19H18O5S. The third-order valence-corrected chi connectivity index (χ3v) is 4.92. The molecule has 0 amide bonds. The molecule has 0 saturated carbocycles. The van der Waals surface area contributed by atoms with E-state index in [4.69, 9.17) is 4.18 Å². The first-order valence-corrected chi connectivity index (χ1v) is 9.03. The summed E-state index contributed by atoms with van der Waals surface area (Å²) in [6, 6.07) is 13.6. The zero-order valence-electron chi connectivity index (χ0n) is 13.9. The first kappa shape index (κ1) is 18.6. The van der Waals surface area contributed by atoms with Gasteiger partial charge in [0.1, 0.15) is 5.75 Å². The molecule has 6 heteroatoms. The Kier molecular flexibility index (Phi) is 5.84. The summed E-state index contributed by atoms with van der Waals surface area (Å²) < 4.78 is 29.4. The topological polar surface area (TPSA) is 80.7 Å². The lowest BCUT2D eigenvalue weighted by Gasteiger charge is -2.12. The molecule has 0 aromatic heterocycles. The van der Waals surface area contributed by atoms with Gasteiger partial charge in [-0.25, -0.2) is 0 Å². The predicted molar refractivity (Wildman–Crippen MR) is 94.8 cm³/mol. The number of hydrogen-bond acceptors (Lipinski definition) is 4. The van der Waals surface area contributed by atoms with E-state index in [2.05, 4.69) is 11.8 Å². The van der Waals surface area contributed by atoms with Gasteiger partial charge < -0.3 is 9.29 Å². The minimum Gasteiger partial charge on any atom is -0.480 e. The fourth-order valence-electron chi connectivity index (χ4n) is 1.98. The van der Waals surface area contributed by atoms with Crippen LogP contribution in [0.5, 0.6) is 5.75 Å². The second-order valence-electron chi connectivity index (χ2n) is 5.59. The minimum atomic E-state index is -4.35. The Morgan fingerprint density at radius 1 is 1.04 bits per heavy atom. The Hall–Kier alpha value is -2.78. The average molecular weight is 358 g/mol. The molecule has 2 aromatic rings. The summed E-state index contributed by atoms with van der Waals surface area (Å²) in [5.74, 6) is 3.96. The molecule has 1 N–H and O–H groups in total. The van der Waals surface area contributed by atoms with Gasteiger partial charge >= 0.3 is 16.1 Å². The fourth-order valence-corrected chi connectivity index (χ4v) is 3.01. The van der Waals surface area contributed by atoms with Gasteiger partial charge in [-0.3, -0.25) is 4.79 Å². The number of carboxylic acid groups (broad SMARTS) is 1. The molecule has 0 bridgehead atoms. The van der Waals surface area contributed by atoms with Crippen molar-refractivity contribution in [3.8, 4) is 17.6 Å². The molecule has 0 spiro atoms. The molecule has 1 unspecified atom stereocenters. The minimum absolute atomic E-state index is 0.0725. The maximum absolute atomic E-state index is 12.2. The smallest absolute Gasteiger partial charge is 0.326 e. The Morgan fingerprint density at radius 2 is 1.56 bits per heavy atom. The zero-order chi connectivity index (χ0) is 18.4. The molecule has 2 aromatic carbocycles.